The summed E-state index contributed by atoms with van der Waals surface area (Å²) in [6.07, 6.45) is 1.88. The average molecular weight is 194 g/mol. The summed E-state index contributed by atoms with van der Waals surface area (Å²) >= 11 is 0. The van der Waals surface area contributed by atoms with Gasteiger partial charge in [-0.1, -0.05) is 0 Å². The van der Waals surface area contributed by atoms with Crippen LogP contribution in [0.4, 0.5) is 0 Å². The SMILES string of the molecule is COC(=O)C1CNCC1c1ccc[nH]1. The third kappa shape index (κ3) is 1.53. The zero-order chi connectivity index (χ0) is 9.97. The molecular weight excluding hydrogens is 180 g/mol. The molecule has 4 heteroatoms. The first-order valence-corrected chi connectivity index (χ1v) is 4.74. The number of hydrogen-bond donors (Lipinski definition) is 2. The van der Waals surface area contributed by atoms with Crippen LogP contribution in [0.25, 0.3) is 0 Å². The van der Waals surface area contributed by atoms with Gasteiger partial charge in [-0.2, -0.15) is 0 Å². The van der Waals surface area contributed by atoms with Crippen molar-refractivity contribution in [1.82, 2.24) is 10.3 Å². The van der Waals surface area contributed by atoms with Crippen molar-refractivity contribution in [1.29, 1.82) is 0 Å². The minimum atomic E-state index is -0.130. The lowest BCUT2D eigenvalue weighted by atomic mass is 9.93. The van der Waals surface area contributed by atoms with Gasteiger partial charge >= 0.3 is 5.97 Å². The molecule has 2 rings (SSSR count). The molecule has 0 saturated carbocycles. The average Bonchev–Trinajstić information content (AvgIpc) is 2.85. The van der Waals surface area contributed by atoms with E-state index < -0.39 is 0 Å². The van der Waals surface area contributed by atoms with Crippen LogP contribution >= 0.6 is 0 Å². The molecule has 1 aromatic rings. The topological polar surface area (TPSA) is 54.1 Å². The Kier molecular flexibility index (Phi) is 2.54. The molecule has 1 saturated heterocycles. The van der Waals surface area contributed by atoms with Crippen molar-refractivity contribution >= 4 is 5.97 Å². The highest BCUT2D eigenvalue weighted by Crippen LogP contribution is 2.27. The van der Waals surface area contributed by atoms with Gasteiger partial charge in [0.15, 0.2) is 0 Å². The van der Waals surface area contributed by atoms with E-state index in [-0.39, 0.29) is 17.8 Å². The molecule has 4 nitrogen and oxygen atoms in total. The lowest BCUT2D eigenvalue weighted by Gasteiger charge is -2.14. The Labute approximate surface area is 82.6 Å². The smallest absolute Gasteiger partial charge is 0.310 e. The molecule has 0 aromatic carbocycles. The number of aromatic amines is 1. The fourth-order valence-corrected chi connectivity index (χ4v) is 1.98. The Morgan fingerprint density at radius 2 is 2.43 bits per heavy atom. The van der Waals surface area contributed by atoms with Crippen molar-refractivity contribution in [3.8, 4) is 0 Å². The second-order valence-electron chi connectivity index (χ2n) is 3.52. The number of hydrogen-bond acceptors (Lipinski definition) is 3. The number of esters is 1. The van der Waals surface area contributed by atoms with E-state index in [1.54, 1.807) is 0 Å². The van der Waals surface area contributed by atoms with Crippen LogP contribution in [0, 0.1) is 5.92 Å². The normalized spacial score (nSPS) is 26.4. The molecule has 0 amide bonds. The molecule has 1 aliphatic heterocycles. The Hall–Kier alpha value is -1.29. The van der Waals surface area contributed by atoms with Gasteiger partial charge in [0.25, 0.3) is 0 Å². The van der Waals surface area contributed by atoms with E-state index in [1.807, 2.05) is 18.3 Å². The predicted octanol–water partition coefficient (Wildman–Crippen LogP) is 0.491. The fourth-order valence-electron chi connectivity index (χ4n) is 1.98. The Balaban J connectivity index is 2.15. The largest absolute Gasteiger partial charge is 0.469 e. The molecule has 1 aromatic heterocycles. The Bertz CT molecular complexity index is 308. The highest BCUT2D eigenvalue weighted by molar-refractivity contribution is 5.74. The van der Waals surface area contributed by atoms with Gasteiger partial charge in [-0.05, 0) is 12.1 Å². The van der Waals surface area contributed by atoms with Gasteiger partial charge in [-0.3, -0.25) is 4.79 Å². The lowest BCUT2D eigenvalue weighted by Crippen LogP contribution is -2.23. The molecule has 2 atom stereocenters. The zero-order valence-electron chi connectivity index (χ0n) is 8.12. The molecule has 2 N–H and O–H groups in total. The quantitative estimate of drug-likeness (QED) is 0.674. The zero-order valence-corrected chi connectivity index (χ0v) is 8.12. The molecule has 76 valence electrons. The van der Waals surface area contributed by atoms with Crippen LogP contribution in [0.3, 0.4) is 0 Å². The maximum atomic E-state index is 11.4. The highest BCUT2D eigenvalue weighted by Gasteiger charge is 2.35. The summed E-state index contributed by atoms with van der Waals surface area (Å²) < 4.78 is 4.77. The molecule has 0 spiro atoms. The second-order valence-corrected chi connectivity index (χ2v) is 3.52. The van der Waals surface area contributed by atoms with Gasteiger partial charge in [0, 0.05) is 30.9 Å². The Morgan fingerprint density at radius 1 is 1.57 bits per heavy atom. The standard InChI is InChI=1S/C10H14N2O2/c1-14-10(13)8-6-11-5-7(8)9-3-2-4-12-9/h2-4,7-8,11-12H,5-6H2,1H3. The summed E-state index contributed by atoms with van der Waals surface area (Å²) in [5.74, 6) is 0.0331. The van der Waals surface area contributed by atoms with Gasteiger partial charge in [-0.25, -0.2) is 0 Å². The van der Waals surface area contributed by atoms with Crippen molar-refractivity contribution in [3.63, 3.8) is 0 Å². The van der Waals surface area contributed by atoms with Crippen LogP contribution in [0.1, 0.15) is 11.6 Å². The van der Waals surface area contributed by atoms with Crippen molar-refractivity contribution in [2.24, 2.45) is 5.92 Å². The van der Waals surface area contributed by atoms with Crippen LogP contribution in [0.5, 0.6) is 0 Å². The van der Waals surface area contributed by atoms with E-state index >= 15 is 0 Å². The molecule has 2 heterocycles. The van der Waals surface area contributed by atoms with Crippen LogP contribution < -0.4 is 5.32 Å². The van der Waals surface area contributed by atoms with Crippen LogP contribution in [-0.4, -0.2) is 31.2 Å². The molecular formula is C10H14N2O2. The number of ether oxygens (including phenoxy) is 1. The first-order chi connectivity index (χ1) is 6.83. The van der Waals surface area contributed by atoms with Crippen molar-refractivity contribution < 1.29 is 9.53 Å². The summed E-state index contributed by atoms with van der Waals surface area (Å²) in [5, 5.41) is 3.21. The van der Waals surface area contributed by atoms with Crippen molar-refractivity contribution in [2.45, 2.75) is 5.92 Å². The van der Waals surface area contributed by atoms with Gasteiger partial charge in [-0.15, -0.1) is 0 Å². The summed E-state index contributed by atoms with van der Waals surface area (Å²) in [7, 11) is 1.44. The highest BCUT2D eigenvalue weighted by atomic mass is 16.5. The van der Waals surface area contributed by atoms with Gasteiger partial charge < -0.3 is 15.0 Å². The minimum Gasteiger partial charge on any atom is -0.469 e. The summed E-state index contributed by atoms with van der Waals surface area (Å²) in [6, 6.07) is 3.95. The summed E-state index contributed by atoms with van der Waals surface area (Å²) in [6.45, 7) is 1.54. The monoisotopic (exact) mass is 194 g/mol. The molecule has 14 heavy (non-hydrogen) atoms. The summed E-state index contributed by atoms with van der Waals surface area (Å²) in [4.78, 5) is 14.6. The number of H-pyrrole nitrogens is 1. The van der Waals surface area contributed by atoms with Crippen LogP contribution in [-0.2, 0) is 9.53 Å². The van der Waals surface area contributed by atoms with E-state index in [1.165, 1.54) is 7.11 Å². The van der Waals surface area contributed by atoms with E-state index in [0.717, 1.165) is 12.2 Å². The number of carbonyl (C=O) groups is 1. The van der Waals surface area contributed by atoms with E-state index in [4.69, 9.17) is 4.74 Å². The number of carbonyl (C=O) groups excluding carboxylic acids is 1. The number of methoxy groups -OCH3 is 1. The molecule has 1 aliphatic rings. The third-order valence-corrected chi connectivity index (χ3v) is 2.74. The van der Waals surface area contributed by atoms with E-state index in [9.17, 15) is 4.79 Å². The first-order valence-electron chi connectivity index (χ1n) is 4.74. The Morgan fingerprint density at radius 3 is 3.07 bits per heavy atom. The molecule has 0 radical (unpaired) electrons. The number of aromatic nitrogens is 1. The molecule has 0 aliphatic carbocycles. The second kappa shape index (κ2) is 3.84. The van der Waals surface area contributed by atoms with E-state index in [0.29, 0.717) is 6.54 Å². The van der Waals surface area contributed by atoms with Gasteiger partial charge in [0.1, 0.15) is 0 Å². The van der Waals surface area contributed by atoms with Crippen molar-refractivity contribution in [2.75, 3.05) is 20.2 Å². The van der Waals surface area contributed by atoms with Gasteiger partial charge in [0.05, 0.1) is 13.0 Å². The molecule has 0 bridgehead atoms. The minimum absolute atomic E-state index is 0.0568. The fraction of sp³-hybridized carbons (Fsp3) is 0.500. The predicted molar refractivity (Wildman–Crippen MR) is 51.9 cm³/mol. The number of rotatable bonds is 2. The van der Waals surface area contributed by atoms with Crippen molar-refractivity contribution in [3.05, 3.63) is 24.0 Å². The molecule has 1 fully saturated rings. The van der Waals surface area contributed by atoms with Crippen LogP contribution in [0.2, 0.25) is 0 Å². The van der Waals surface area contributed by atoms with Crippen LogP contribution in [0.15, 0.2) is 18.3 Å². The summed E-state index contributed by atoms with van der Waals surface area (Å²) in [5.41, 5.74) is 1.10. The van der Waals surface area contributed by atoms with E-state index in [2.05, 4.69) is 10.3 Å². The maximum Gasteiger partial charge on any atom is 0.310 e. The first kappa shape index (κ1) is 9.27. The third-order valence-electron chi connectivity index (χ3n) is 2.74. The molecule has 2 unspecified atom stereocenters. The lowest BCUT2D eigenvalue weighted by molar-refractivity contribution is -0.145. The number of nitrogens with one attached hydrogen (secondary N) is 2. The maximum absolute atomic E-state index is 11.4. The van der Waals surface area contributed by atoms with Gasteiger partial charge in [0.2, 0.25) is 0 Å².